The summed E-state index contributed by atoms with van der Waals surface area (Å²) >= 11 is 0. The molecule has 0 aromatic heterocycles. The first-order chi connectivity index (χ1) is 10.6. The number of carbonyl (C=O) groups is 2. The maximum Gasteiger partial charge on any atom is 0.278 e. The van der Waals surface area contributed by atoms with E-state index < -0.39 is 0 Å². The fourth-order valence-corrected chi connectivity index (χ4v) is 4.14. The summed E-state index contributed by atoms with van der Waals surface area (Å²) in [6.07, 6.45) is 9.72. The molecule has 2 amide bonds. The van der Waals surface area contributed by atoms with Crippen LogP contribution in [-0.2, 0) is 9.59 Å². The Labute approximate surface area is 133 Å². The Morgan fingerprint density at radius 2 is 1.77 bits per heavy atom. The van der Waals surface area contributed by atoms with Crippen LogP contribution in [0.4, 0.5) is 0 Å². The van der Waals surface area contributed by atoms with E-state index in [0.717, 1.165) is 36.6 Å². The van der Waals surface area contributed by atoms with E-state index in [9.17, 15) is 9.59 Å². The zero-order valence-electron chi connectivity index (χ0n) is 13.8. The first-order valence-corrected chi connectivity index (χ1v) is 9.03. The Kier molecular flexibility index (Phi) is 5.01. The molecule has 3 aliphatic rings. The lowest BCUT2D eigenvalue weighted by Crippen LogP contribution is -3.11. The summed E-state index contributed by atoms with van der Waals surface area (Å²) in [7, 11) is 1.95. The highest BCUT2D eigenvalue weighted by Crippen LogP contribution is 2.35. The van der Waals surface area contributed by atoms with E-state index in [2.05, 4.69) is 10.2 Å². The van der Waals surface area contributed by atoms with Gasteiger partial charge in [0.15, 0.2) is 13.1 Å². The quantitative estimate of drug-likeness (QED) is 0.749. The number of rotatable bonds is 5. The molecule has 0 spiro atoms. The maximum absolute atomic E-state index is 12.7. The van der Waals surface area contributed by atoms with Crippen molar-refractivity contribution in [2.75, 3.05) is 26.7 Å². The zero-order valence-corrected chi connectivity index (χ0v) is 13.8. The molecular formula is C17H30N3O2+. The van der Waals surface area contributed by atoms with Gasteiger partial charge >= 0.3 is 0 Å². The van der Waals surface area contributed by atoms with Crippen molar-refractivity contribution >= 4 is 11.8 Å². The minimum atomic E-state index is 0.0852. The van der Waals surface area contributed by atoms with Crippen molar-refractivity contribution in [2.45, 2.75) is 63.5 Å². The van der Waals surface area contributed by atoms with Crippen molar-refractivity contribution in [3.8, 4) is 0 Å². The molecule has 5 nitrogen and oxygen atoms in total. The summed E-state index contributed by atoms with van der Waals surface area (Å²) in [6, 6.07) is 0.879. The van der Waals surface area contributed by atoms with E-state index in [0.29, 0.717) is 25.2 Å². The van der Waals surface area contributed by atoms with Gasteiger partial charge in [0.2, 0.25) is 0 Å². The number of fused-ring (bicyclic) bond motifs is 1. The number of likely N-dealkylation sites (N-methyl/N-ethyl adjacent to an activating group) is 1. The second-order valence-electron chi connectivity index (χ2n) is 7.49. The van der Waals surface area contributed by atoms with Crippen molar-refractivity contribution in [3.05, 3.63) is 0 Å². The maximum atomic E-state index is 12.7. The second-order valence-corrected chi connectivity index (χ2v) is 7.49. The van der Waals surface area contributed by atoms with Gasteiger partial charge in [-0.1, -0.05) is 12.8 Å². The monoisotopic (exact) mass is 308 g/mol. The number of nitrogens with zero attached hydrogens (tertiary/aromatic N) is 1. The highest BCUT2D eigenvalue weighted by Gasteiger charge is 2.36. The molecule has 1 saturated heterocycles. The lowest BCUT2D eigenvalue weighted by atomic mass is 9.78. The van der Waals surface area contributed by atoms with E-state index in [-0.39, 0.29) is 11.8 Å². The predicted octanol–water partition coefficient (Wildman–Crippen LogP) is -0.0391. The number of likely N-dealkylation sites (tertiary alicyclic amines) is 1. The van der Waals surface area contributed by atoms with Crippen LogP contribution in [0.15, 0.2) is 0 Å². The molecule has 2 saturated carbocycles. The fourth-order valence-electron chi connectivity index (χ4n) is 4.14. The molecule has 0 aromatic rings. The molecule has 1 heterocycles. The highest BCUT2D eigenvalue weighted by atomic mass is 16.2. The van der Waals surface area contributed by atoms with Crippen molar-refractivity contribution in [3.63, 3.8) is 0 Å². The smallest absolute Gasteiger partial charge is 0.278 e. The van der Waals surface area contributed by atoms with Crippen molar-refractivity contribution < 1.29 is 14.5 Å². The Hall–Kier alpha value is -1.10. The number of hydrogen-bond donors (Lipinski definition) is 2. The molecule has 2 aliphatic carbocycles. The molecule has 2 N–H and O–H groups in total. The number of nitrogens with one attached hydrogen (secondary N) is 2. The molecule has 5 heteroatoms. The number of amides is 2. The number of quaternary nitrogens is 1. The lowest BCUT2D eigenvalue weighted by Gasteiger charge is -2.44. The average Bonchev–Trinajstić information content (AvgIpc) is 3.30. The third-order valence-corrected chi connectivity index (χ3v) is 5.42. The number of hydrogen-bond acceptors (Lipinski definition) is 2. The molecule has 0 radical (unpaired) electrons. The third-order valence-electron chi connectivity index (χ3n) is 5.42. The normalized spacial score (nSPS) is 29.6. The Morgan fingerprint density at radius 3 is 2.55 bits per heavy atom. The Morgan fingerprint density at radius 1 is 1.05 bits per heavy atom. The predicted molar refractivity (Wildman–Crippen MR) is 84.5 cm³/mol. The standard InChI is InChI=1S/C17H29N3O2/c1-19(11-16(21)18-14-8-9-14)12-17(22)20-10-4-6-13-5-2-3-7-15(13)20/h13-15H,2-12H2,1H3,(H,18,21)/p+1/t13-,15+/m1/s1. The van der Waals surface area contributed by atoms with Gasteiger partial charge in [0.1, 0.15) is 0 Å². The fraction of sp³-hybridized carbons (Fsp3) is 0.882. The van der Waals surface area contributed by atoms with Gasteiger partial charge in [-0.3, -0.25) is 9.59 Å². The van der Waals surface area contributed by atoms with Crippen molar-refractivity contribution in [1.82, 2.24) is 10.2 Å². The summed E-state index contributed by atoms with van der Waals surface area (Å²) < 4.78 is 0. The van der Waals surface area contributed by atoms with Crippen LogP contribution < -0.4 is 10.2 Å². The zero-order chi connectivity index (χ0) is 15.5. The minimum absolute atomic E-state index is 0.0852. The van der Waals surface area contributed by atoms with Crippen LogP contribution in [0.25, 0.3) is 0 Å². The molecule has 3 rings (SSSR count). The van der Waals surface area contributed by atoms with Crippen LogP contribution in [0, 0.1) is 5.92 Å². The van der Waals surface area contributed by atoms with E-state index >= 15 is 0 Å². The summed E-state index contributed by atoms with van der Waals surface area (Å²) in [5.41, 5.74) is 0. The van der Waals surface area contributed by atoms with Crippen LogP contribution in [-0.4, -0.2) is 55.5 Å². The van der Waals surface area contributed by atoms with Gasteiger partial charge < -0.3 is 15.1 Å². The van der Waals surface area contributed by atoms with Gasteiger partial charge in [0, 0.05) is 18.6 Å². The van der Waals surface area contributed by atoms with E-state index in [1.54, 1.807) is 0 Å². The Balaban J connectivity index is 1.48. The van der Waals surface area contributed by atoms with Gasteiger partial charge in [-0.2, -0.15) is 0 Å². The van der Waals surface area contributed by atoms with Gasteiger partial charge in [-0.15, -0.1) is 0 Å². The lowest BCUT2D eigenvalue weighted by molar-refractivity contribution is -0.863. The molecule has 1 unspecified atom stereocenters. The number of piperidine rings is 1. The third kappa shape index (κ3) is 4.00. The number of carbonyl (C=O) groups excluding carboxylic acids is 2. The summed E-state index contributed by atoms with van der Waals surface area (Å²) in [4.78, 5) is 27.6. The molecule has 22 heavy (non-hydrogen) atoms. The first-order valence-electron chi connectivity index (χ1n) is 9.03. The second kappa shape index (κ2) is 6.99. The van der Waals surface area contributed by atoms with Gasteiger partial charge in [-0.25, -0.2) is 0 Å². The van der Waals surface area contributed by atoms with Gasteiger partial charge in [0.05, 0.1) is 7.05 Å². The van der Waals surface area contributed by atoms with Crippen LogP contribution in [0.5, 0.6) is 0 Å². The summed E-state index contributed by atoms with van der Waals surface area (Å²) in [5.74, 6) is 1.06. The van der Waals surface area contributed by atoms with Crippen LogP contribution in [0.2, 0.25) is 0 Å². The van der Waals surface area contributed by atoms with E-state index in [4.69, 9.17) is 0 Å². The molecule has 1 aliphatic heterocycles. The van der Waals surface area contributed by atoms with Crippen LogP contribution in [0.1, 0.15) is 51.4 Å². The van der Waals surface area contributed by atoms with Crippen molar-refractivity contribution in [2.24, 2.45) is 5.92 Å². The van der Waals surface area contributed by atoms with E-state index in [1.165, 1.54) is 32.1 Å². The molecule has 0 bridgehead atoms. The molecule has 3 fully saturated rings. The molecule has 0 aromatic carbocycles. The highest BCUT2D eigenvalue weighted by molar-refractivity contribution is 5.79. The van der Waals surface area contributed by atoms with Crippen molar-refractivity contribution in [1.29, 1.82) is 0 Å². The first kappa shape index (κ1) is 15.8. The van der Waals surface area contributed by atoms with Gasteiger partial charge in [0.25, 0.3) is 11.8 Å². The van der Waals surface area contributed by atoms with Gasteiger partial charge in [-0.05, 0) is 44.4 Å². The summed E-state index contributed by atoms with van der Waals surface area (Å²) in [6.45, 7) is 1.77. The summed E-state index contributed by atoms with van der Waals surface area (Å²) in [5, 5.41) is 3.00. The SMILES string of the molecule is C[NH+](CC(=O)NC1CC1)CC(=O)N1CCC[C@H]2CCCC[C@@H]21. The van der Waals surface area contributed by atoms with Crippen LogP contribution in [0.3, 0.4) is 0 Å². The van der Waals surface area contributed by atoms with E-state index in [1.807, 2.05) is 7.05 Å². The van der Waals surface area contributed by atoms with Crippen LogP contribution >= 0.6 is 0 Å². The molecule has 3 atom stereocenters. The largest absolute Gasteiger partial charge is 0.348 e. The Bertz CT molecular complexity index is 420. The topological polar surface area (TPSA) is 53.9 Å². The average molecular weight is 308 g/mol. The molecular weight excluding hydrogens is 278 g/mol. The molecule has 124 valence electrons. The minimum Gasteiger partial charge on any atom is -0.348 e.